The molecule has 47 heavy (non-hydrogen) atoms. The van der Waals surface area contributed by atoms with Gasteiger partial charge in [-0.2, -0.15) is 0 Å². The average Bonchev–Trinajstić information content (AvgIpc) is 3.00. The van der Waals surface area contributed by atoms with Crippen LogP contribution in [0.3, 0.4) is 0 Å². The third kappa shape index (κ3) is 17.4. The molecule has 3 unspecified atom stereocenters. The van der Waals surface area contributed by atoms with Crippen molar-refractivity contribution in [3.8, 4) is 0 Å². The number of ether oxygens (including phenoxy) is 3. The van der Waals surface area contributed by atoms with Crippen molar-refractivity contribution >= 4 is 29.5 Å². The minimum atomic E-state index is -1.34. The molecule has 0 saturated carbocycles. The number of hydrogen-bond donors (Lipinski definition) is 5. The fraction of sp³-hybridized carbons (Fsp3) is 0.853. The van der Waals surface area contributed by atoms with Crippen LogP contribution in [0, 0.1) is 17.8 Å². The van der Waals surface area contributed by atoms with Crippen LogP contribution < -0.4 is 11.1 Å². The Balaban J connectivity index is 2.46. The largest absolute Gasteiger partial charge is 0.481 e. The number of carbonyl (C=O) groups excluding carboxylic acids is 4. The summed E-state index contributed by atoms with van der Waals surface area (Å²) >= 11 is 0. The van der Waals surface area contributed by atoms with E-state index >= 15 is 0 Å². The van der Waals surface area contributed by atoms with E-state index in [4.69, 9.17) is 25.1 Å². The van der Waals surface area contributed by atoms with Gasteiger partial charge in [0.2, 0.25) is 11.8 Å². The zero-order valence-electron chi connectivity index (χ0n) is 29.0. The first-order valence-corrected chi connectivity index (χ1v) is 17.3. The summed E-state index contributed by atoms with van der Waals surface area (Å²) in [5.41, 5.74) is 5.26. The average molecular weight is 673 g/mol. The predicted molar refractivity (Wildman–Crippen MR) is 174 cm³/mol. The molecule has 13 heteroatoms. The monoisotopic (exact) mass is 672 g/mol. The van der Waals surface area contributed by atoms with E-state index in [0.717, 1.165) is 25.2 Å². The molecule has 0 aromatic heterocycles. The molecule has 6 N–H and O–H groups in total. The summed E-state index contributed by atoms with van der Waals surface area (Å²) < 4.78 is 16.6. The van der Waals surface area contributed by atoms with Crippen LogP contribution in [0.1, 0.15) is 125 Å². The molecule has 0 aromatic rings. The number of unbranched alkanes of at least 4 members (excludes halogenated alkanes) is 8. The van der Waals surface area contributed by atoms with Gasteiger partial charge in [0.1, 0.15) is 31.0 Å². The van der Waals surface area contributed by atoms with Gasteiger partial charge in [0, 0.05) is 31.1 Å². The molecule has 1 saturated heterocycles. The van der Waals surface area contributed by atoms with Gasteiger partial charge in [-0.1, -0.05) is 85.5 Å². The van der Waals surface area contributed by atoms with Gasteiger partial charge in [-0.3, -0.25) is 24.0 Å². The number of ketones is 1. The van der Waals surface area contributed by atoms with Gasteiger partial charge < -0.3 is 40.6 Å². The molecule has 8 atom stereocenters. The van der Waals surface area contributed by atoms with Crippen molar-refractivity contribution < 1.29 is 53.5 Å². The summed E-state index contributed by atoms with van der Waals surface area (Å²) in [7, 11) is 0. The molecule has 1 fully saturated rings. The number of aliphatic hydroxyl groups excluding tert-OH is 2. The van der Waals surface area contributed by atoms with E-state index in [2.05, 4.69) is 19.2 Å². The second kappa shape index (κ2) is 22.9. The van der Waals surface area contributed by atoms with Crippen LogP contribution in [-0.4, -0.2) is 88.2 Å². The predicted octanol–water partition coefficient (Wildman–Crippen LogP) is 3.39. The van der Waals surface area contributed by atoms with Gasteiger partial charge in [0.15, 0.2) is 12.1 Å². The van der Waals surface area contributed by atoms with E-state index in [1.807, 2.05) is 0 Å². The Morgan fingerprint density at radius 1 is 0.851 bits per heavy atom. The fourth-order valence-electron chi connectivity index (χ4n) is 5.46. The van der Waals surface area contributed by atoms with Gasteiger partial charge in [-0.05, 0) is 25.7 Å². The van der Waals surface area contributed by atoms with Crippen LogP contribution in [0.4, 0.5) is 0 Å². The van der Waals surface area contributed by atoms with Gasteiger partial charge >= 0.3 is 11.9 Å². The number of nitrogens with two attached hydrogens (primary N) is 1. The van der Waals surface area contributed by atoms with Crippen LogP contribution in [0.25, 0.3) is 0 Å². The molecule has 0 radical (unpaired) electrons. The molecule has 272 valence electrons. The number of primary amides is 1. The second-order valence-corrected chi connectivity index (χ2v) is 13.4. The Morgan fingerprint density at radius 2 is 1.43 bits per heavy atom. The second-order valence-electron chi connectivity index (χ2n) is 13.4. The zero-order chi connectivity index (χ0) is 35.5. The van der Waals surface area contributed by atoms with E-state index < -0.39 is 78.1 Å². The number of carbonyl (C=O) groups is 5. The van der Waals surface area contributed by atoms with E-state index in [1.165, 1.54) is 52.4 Å². The van der Waals surface area contributed by atoms with Crippen LogP contribution >= 0.6 is 0 Å². The normalized spacial score (nSPS) is 23.1. The minimum Gasteiger partial charge on any atom is -0.481 e. The highest BCUT2D eigenvalue weighted by Crippen LogP contribution is 2.29. The van der Waals surface area contributed by atoms with E-state index in [0.29, 0.717) is 6.42 Å². The molecular formula is C34H60N2O11. The Morgan fingerprint density at radius 3 is 1.98 bits per heavy atom. The lowest BCUT2D eigenvalue weighted by Crippen LogP contribution is -2.57. The van der Waals surface area contributed by atoms with Crippen molar-refractivity contribution in [1.82, 2.24) is 5.32 Å². The maximum Gasteiger partial charge on any atom is 0.305 e. The third-order valence-electron chi connectivity index (χ3n) is 8.65. The minimum absolute atomic E-state index is 0.187. The molecule has 1 heterocycles. The van der Waals surface area contributed by atoms with Crippen LogP contribution in [0.5, 0.6) is 0 Å². The summed E-state index contributed by atoms with van der Waals surface area (Å²) in [5, 5.41) is 32.6. The molecular weight excluding hydrogens is 612 g/mol. The van der Waals surface area contributed by atoms with Gasteiger partial charge in [-0.15, -0.1) is 0 Å². The summed E-state index contributed by atoms with van der Waals surface area (Å²) in [6, 6.07) is -1.19. The summed E-state index contributed by atoms with van der Waals surface area (Å²) in [6.45, 7) is 8.72. The first-order chi connectivity index (χ1) is 22.1. The first-order valence-electron chi connectivity index (χ1n) is 17.3. The lowest BCUT2D eigenvalue weighted by Gasteiger charge is -2.42. The van der Waals surface area contributed by atoms with Crippen LogP contribution in [0.15, 0.2) is 0 Å². The van der Waals surface area contributed by atoms with Crippen molar-refractivity contribution in [3.05, 3.63) is 0 Å². The highest BCUT2D eigenvalue weighted by molar-refractivity contribution is 5.91. The fourth-order valence-corrected chi connectivity index (χ4v) is 5.46. The maximum absolute atomic E-state index is 12.9. The lowest BCUT2D eigenvalue weighted by molar-refractivity contribution is -0.279. The molecule has 2 amide bonds. The maximum atomic E-state index is 12.9. The molecule has 1 aliphatic heterocycles. The van der Waals surface area contributed by atoms with Gasteiger partial charge in [0.25, 0.3) is 0 Å². The number of carboxylic acid groups (broad SMARTS) is 1. The molecule has 0 spiro atoms. The number of Topliss-reactive ketones (excluding diaryl/α,β-unsaturated/α-hetero) is 1. The smallest absolute Gasteiger partial charge is 0.305 e. The Hall–Kier alpha value is -2.61. The number of aliphatic hydroxyl groups is 2. The summed E-state index contributed by atoms with van der Waals surface area (Å²) in [4.78, 5) is 60.2. The van der Waals surface area contributed by atoms with E-state index in [1.54, 1.807) is 6.92 Å². The van der Waals surface area contributed by atoms with Crippen LogP contribution in [0.2, 0.25) is 0 Å². The number of hydrogen-bond acceptors (Lipinski definition) is 10. The lowest BCUT2D eigenvalue weighted by atomic mass is 9.91. The Labute approximate surface area is 279 Å². The summed E-state index contributed by atoms with van der Waals surface area (Å²) in [5.74, 6) is -4.43. The standard InChI is InChI=1S/C34H60N2O11/c1-21(2)15-13-11-9-7-6-8-10-12-14-16-29(40)45-20-27-30(41)31(23(4)34(44)47-27)46-24(5)26(37)19-22(3)33(43)36-25(32(35)42)17-18-28(38)39/h21-25,27,30-31,34,41,44H,6-20H2,1-5H3,(H2,35,42)(H,36,43)(H,38,39)/t22-,23?,24-,25+,27?,30-,31?,34-/m1/s1. The highest BCUT2D eigenvalue weighted by atomic mass is 16.6. The van der Waals surface area contributed by atoms with Gasteiger partial charge in [-0.25, -0.2) is 0 Å². The zero-order valence-corrected chi connectivity index (χ0v) is 29.0. The molecule has 1 aliphatic rings. The molecule has 1 rings (SSSR count). The van der Waals surface area contributed by atoms with Gasteiger partial charge in [0.05, 0.1) is 6.10 Å². The number of amides is 2. The molecule has 0 aromatic carbocycles. The number of nitrogens with one attached hydrogen (secondary N) is 1. The van der Waals surface area contributed by atoms with Crippen molar-refractivity contribution in [2.24, 2.45) is 23.5 Å². The quantitative estimate of drug-likeness (QED) is 0.0700. The first kappa shape index (κ1) is 42.4. The van der Waals surface area contributed by atoms with Crippen molar-refractivity contribution in [3.63, 3.8) is 0 Å². The Bertz CT molecular complexity index is 976. The van der Waals surface area contributed by atoms with Crippen molar-refractivity contribution in [2.45, 2.75) is 161 Å². The Kier molecular flexibility index (Phi) is 20.6. The SMILES string of the molecule is CC(C)CCCCCCCCCCCC(=O)OCC1O[C@@H](O)C(C)C(O[C@H](C)C(=O)C[C@@H](C)C(=O)N[C@@H](CCC(=O)O)C(N)=O)[C@@H]1O. The van der Waals surface area contributed by atoms with Crippen LogP contribution in [-0.2, 0) is 38.2 Å². The number of aliphatic carboxylic acids is 1. The van der Waals surface area contributed by atoms with E-state index in [9.17, 15) is 34.2 Å². The molecule has 13 nitrogen and oxygen atoms in total. The van der Waals surface area contributed by atoms with Crippen molar-refractivity contribution in [2.75, 3.05) is 6.61 Å². The number of esters is 1. The van der Waals surface area contributed by atoms with E-state index in [-0.39, 0.29) is 32.3 Å². The summed E-state index contributed by atoms with van der Waals surface area (Å²) in [6.07, 6.45) is 5.05. The highest BCUT2D eigenvalue weighted by Gasteiger charge is 2.45. The molecule has 0 bridgehead atoms. The third-order valence-corrected chi connectivity index (χ3v) is 8.65. The topological polar surface area (TPSA) is 212 Å². The number of rotatable bonds is 25. The van der Waals surface area contributed by atoms with Crippen molar-refractivity contribution in [1.29, 1.82) is 0 Å². The molecule has 0 aliphatic carbocycles. The number of carboxylic acids is 1.